The Morgan fingerprint density at radius 2 is 2.08 bits per heavy atom. The minimum absolute atomic E-state index is 0.0865. The molecule has 1 N–H and O–H groups in total. The highest BCUT2D eigenvalue weighted by Crippen LogP contribution is 2.21. The highest BCUT2D eigenvalue weighted by molar-refractivity contribution is 5.95. The number of ether oxygens (including phenoxy) is 1. The number of carbonyl (C=O) groups excluding carboxylic acids is 2. The van der Waals surface area contributed by atoms with Crippen molar-refractivity contribution >= 4 is 23.5 Å². The van der Waals surface area contributed by atoms with Gasteiger partial charge in [-0.3, -0.25) is 9.59 Å². The molecule has 0 aliphatic carbocycles. The lowest BCUT2D eigenvalue weighted by molar-refractivity contribution is -0.149. The largest absolute Gasteiger partial charge is 0.466 e. The van der Waals surface area contributed by atoms with Gasteiger partial charge in [-0.1, -0.05) is 6.07 Å². The summed E-state index contributed by atoms with van der Waals surface area (Å²) in [6.45, 7) is 3.20. The molecule has 1 aromatic heterocycles. The van der Waals surface area contributed by atoms with E-state index in [0.717, 1.165) is 18.5 Å². The summed E-state index contributed by atoms with van der Waals surface area (Å²) in [5.41, 5.74) is 1.30. The predicted molar refractivity (Wildman–Crippen MR) is 97.0 cm³/mol. The Kier molecular flexibility index (Phi) is 5.78. The molecule has 2 heterocycles. The Morgan fingerprint density at radius 3 is 2.85 bits per heavy atom. The van der Waals surface area contributed by atoms with Crippen LogP contribution in [0.1, 0.15) is 30.1 Å². The highest BCUT2D eigenvalue weighted by Gasteiger charge is 2.29. The van der Waals surface area contributed by atoms with Crippen molar-refractivity contribution in [3.05, 3.63) is 48.3 Å². The minimum atomic E-state index is -0.244. The number of nitrogens with zero attached hydrogens (tertiary/aromatic N) is 3. The fourth-order valence-electron chi connectivity index (χ4n) is 3.02. The van der Waals surface area contributed by atoms with E-state index in [1.165, 1.54) is 0 Å². The van der Waals surface area contributed by atoms with Crippen molar-refractivity contribution in [3.63, 3.8) is 0 Å². The predicted octanol–water partition coefficient (Wildman–Crippen LogP) is 2.64. The first-order valence-corrected chi connectivity index (χ1v) is 8.77. The third-order valence-electron chi connectivity index (χ3n) is 4.26. The molecule has 1 aliphatic heterocycles. The van der Waals surface area contributed by atoms with Gasteiger partial charge in [0.05, 0.1) is 12.5 Å². The lowest BCUT2D eigenvalue weighted by Crippen LogP contribution is -2.42. The zero-order valence-electron chi connectivity index (χ0n) is 14.7. The molecule has 1 amide bonds. The maximum atomic E-state index is 12.8. The molecule has 2 aromatic rings. The normalized spacial score (nSPS) is 16.8. The van der Waals surface area contributed by atoms with E-state index in [-0.39, 0.29) is 17.8 Å². The van der Waals surface area contributed by atoms with Crippen LogP contribution in [0.15, 0.2) is 42.7 Å². The van der Waals surface area contributed by atoms with E-state index in [9.17, 15) is 9.59 Å². The van der Waals surface area contributed by atoms with E-state index in [1.807, 2.05) is 12.1 Å². The van der Waals surface area contributed by atoms with Gasteiger partial charge in [0.25, 0.3) is 5.91 Å². The number of benzene rings is 1. The summed E-state index contributed by atoms with van der Waals surface area (Å²) in [7, 11) is 0. The molecule has 1 atom stereocenters. The first-order valence-electron chi connectivity index (χ1n) is 8.77. The van der Waals surface area contributed by atoms with Gasteiger partial charge in [0.15, 0.2) is 0 Å². The number of hydrogen-bond donors (Lipinski definition) is 1. The molecule has 0 bridgehead atoms. The van der Waals surface area contributed by atoms with Crippen LogP contribution >= 0.6 is 0 Å². The summed E-state index contributed by atoms with van der Waals surface area (Å²) in [5, 5.41) is 3.08. The van der Waals surface area contributed by atoms with Crippen molar-refractivity contribution < 1.29 is 14.3 Å². The minimum Gasteiger partial charge on any atom is -0.466 e. The molecule has 136 valence electrons. The molecule has 0 spiro atoms. The number of piperidine rings is 1. The van der Waals surface area contributed by atoms with Gasteiger partial charge in [0.1, 0.15) is 0 Å². The number of amides is 1. The van der Waals surface area contributed by atoms with Gasteiger partial charge in [-0.25, -0.2) is 9.97 Å². The van der Waals surface area contributed by atoms with Crippen LogP contribution in [0.5, 0.6) is 0 Å². The lowest BCUT2D eigenvalue weighted by atomic mass is 9.97. The standard InChI is InChI=1S/C19H22N4O3/c1-2-26-18(25)15-7-4-11-23(13-15)17(24)14-6-3-8-16(12-14)22-19-20-9-5-10-21-19/h3,5-6,8-10,12,15H,2,4,7,11,13H2,1H3,(H,20,21,22). The molecular weight excluding hydrogens is 332 g/mol. The van der Waals surface area contributed by atoms with Crippen molar-refractivity contribution in [1.82, 2.24) is 14.9 Å². The summed E-state index contributed by atoms with van der Waals surface area (Å²) < 4.78 is 5.10. The second-order valence-electron chi connectivity index (χ2n) is 6.12. The van der Waals surface area contributed by atoms with E-state index in [2.05, 4.69) is 15.3 Å². The smallest absolute Gasteiger partial charge is 0.310 e. The van der Waals surface area contributed by atoms with Crippen LogP contribution in [0.2, 0.25) is 0 Å². The van der Waals surface area contributed by atoms with Crippen LogP contribution in [-0.2, 0) is 9.53 Å². The Morgan fingerprint density at radius 1 is 1.27 bits per heavy atom. The van der Waals surface area contributed by atoms with Gasteiger partial charge >= 0.3 is 5.97 Å². The van der Waals surface area contributed by atoms with Crippen LogP contribution in [0.4, 0.5) is 11.6 Å². The van der Waals surface area contributed by atoms with E-state index < -0.39 is 0 Å². The van der Waals surface area contributed by atoms with Gasteiger partial charge in [-0.05, 0) is 44.0 Å². The van der Waals surface area contributed by atoms with E-state index in [0.29, 0.717) is 31.2 Å². The zero-order valence-corrected chi connectivity index (χ0v) is 14.7. The summed E-state index contributed by atoms with van der Waals surface area (Å²) in [6, 6.07) is 8.94. The number of likely N-dealkylation sites (tertiary alicyclic amines) is 1. The zero-order chi connectivity index (χ0) is 18.4. The summed E-state index contributed by atoms with van der Waals surface area (Å²) in [4.78, 5) is 34.8. The Bertz CT molecular complexity index is 766. The molecule has 1 aromatic carbocycles. The number of nitrogens with one attached hydrogen (secondary N) is 1. The third-order valence-corrected chi connectivity index (χ3v) is 4.26. The van der Waals surface area contributed by atoms with E-state index in [4.69, 9.17) is 4.74 Å². The van der Waals surface area contributed by atoms with E-state index in [1.54, 1.807) is 42.4 Å². The number of esters is 1. The highest BCUT2D eigenvalue weighted by atomic mass is 16.5. The number of anilines is 2. The molecule has 1 fully saturated rings. The van der Waals surface area contributed by atoms with Gasteiger partial charge in [-0.15, -0.1) is 0 Å². The topological polar surface area (TPSA) is 84.4 Å². The fraction of sp³-hybridized carbons (Fsp3) is 0.368. The third kappa shape index (κ3) is 4.36. The monoisotopic (exact) mass is 354 g/mol. The average Bonchev–Trinajstić information content (AvgIpc) is 2.69. The first-order chi connectivity index (χ1) is 12.7. The molecule has 7 heteroatoms. The maximum Gasteiger partial charge on any atom is 0.310 e. The molecule has 7 nitrogen and oxygen atoms in total. The molecule has 0 radical (unpaired) electrons. The first kappa shape index (κ1) is 17.8. The van der Waals surface area contributed by atoms with Crippen LogP contribution in [-0.4, -0.2) is 46.4 Å². The Labute approximate surface area is 152 Å². The molecule has 1 unspecified atom stereocenters. The second kappa shape index (κ2) is 8.42. The number of rotatable bonds is 5. The van der Waals surface area contributed by atoms with Crippen LogP contribution in [0.25, 0.3) is 0 Å². The summed E-state index contributed by atoms with van der Waals surface area (Å²) in [5.74, 6) is -0.0811. The fourth-order valence-corrected chi connectivity index (χ4v) is 3.02. The summed E-state index contributed by atoms with van der Waals surface area (Å²) >= 11 is 0. The second-order valence-corrected chi connectivity index (χ2v) is 6.12. The molecule has 0 saturated carbocycles. The van der Waals surface area contributed by atoms with Gasteiger partial charge in [-0.2, -0.15) is 0 Å². The van der Waals surface area contributed by atoms with Crippen LogP contribution in [0, 0.1) is 5.92 Å². The van der Waals surface area contributed by atoms with E-state index >= 15 is 0 Å². The molecule has 26 heavy (non-hydrogen) atoms. The van der Waals surface area contributed by atoms with Crippen molar-refractivity contribution in [1.29, 1.82) is 0 Å². The Balaban J connectivity index is 1.69. The van der Waals surface area contributed by atoms with Crippen molar-refractivity contribution in [2.75, 3.05) is 25.0 Å². The quantitative estimate of drug-likeness (QED) is 0.831. The van der Waals surface area contributed by atoms with Crippen molar-refractivity contribution in [2.45, 2.75) is 19.8 Å². The molecule has 1 saturated heterocycles. The number of carbonyl (C=O) groups is 2. The van der Waals surface area contributed by atoms with Crippen molar-refractivity contribution in [3.8, 4) is 0 Å². The summed E-state index contributed by atoms with van der Waals surface area (Å²) in [6.07, 6.45) is 4.85. The molecular formula is C19H22N4O3. The Hall–Kier alpha value is -2.96. The lowest BCUT2D eigenvalue weighted by Gasteiger charge is -2.31. The SMILES string of the molecule is CCOC(=O)C1CCCN(C(=O)c2cccc(Nc3ncccn3)c2)C1. The maximum absolute atomic E-state index is 12.8. The van der Waals surface area contributed by atoms with Crippen LogP contribution < -0.4 is 5.32 Å². The van der Waals surface area contributed by atoms with Gasteiger partial charge in [0, 0.05) is 36.7 Å². The van der Waals surface area contributed by atoms with Gasteiger partial charge in [0.2, 0.25) is 5.95 Å². The number of aromatic nitrogens is 2. The average molecular weight is 354 g/mol. The molecule has 3 rings (SSSR count). The van der Waals surface area contributed by atoms with Crippen LogP contribution in [0.3, 0.4) is 0 Å². The van der Waals surface area contributed by atoms with Crippen molar-refractivity contribution in [2.24, 2.45) is 5.92 Å². The number of hydrogen-bond acceptors (Lipinski definition) is 6. The van der Waals surface area contributed by atoms with Gasteiger partial charge < -0.3 is 15.0 Å². The molecule has 1 aliphatic rings.